The van der Waals surface area contributed by atoms with E-state index in [0.29, 0.717) is 0 Å². The number of nitrogens with one attached hydrogen (secondary N) is 1. The topological polar surface area (TPSA) is 29.1 Å². The number of nitrogens with zero attached hydrogens (tertiary/aromatic N) is 1. The number of amides is 1. The van der Waals surface area contributed by atoms with Crippen LogP contribution in [0.2, 0.25) is 0 Å². The number of carbonyl (C=O) groups is 1. The summed E-state index contributed by atoms with van der Waals surface area (Å²) < 4.78 is 0.981. The van der Waals surface area contributed by atoms with E-state index in [1.807, 2.05) is 0 Å². The first kappa shape index (κ1) is 13.2. The molecule has 1 heterocycles. The Hall–Kier alpha value is -0.830. The van der Waals surface area contributed by atoms with E-state index >= 15 is 0 Å². The zero-order valence-electron chi connectivity index (χ0n) is 10.8. The Morgan fingerprint density at radius 3 is 2.81 bits per heavy atom. The lowest BCUT2D eigenvalue weighted by Gasteiger charge is -2.38. The van der Waals surface area contributed by atoms with Crippen molar-refractivity contribution in [3.05, 3.63) is 12.7 Å². The van der Waals surface area contributed by atoms with Gasteiger partial charge in [0.05, 0.1) is 20.1 Å². The fourth-order valence-electron chi connectivity index (χ4n) is 2.73. The van der Waals surface area contributed by atoms with Crippen molar-refractivity contribution >= 4 is 5.91 Å². The van der Waals surface area contributed by atoms with Crippen LogP contribution in [0.25, 0.3) is 0 Å². The minimum Gasteiger partial charge on any atom is -0.306 e. The lowest BCUT2D eigenvalue weighted by molar-refractivity contribution is -0.926. The molecule has 16 heavy (non-hydrogen) atoms. The molecule has 3 heteroatoms. The van der Waals surface area contributed by atoms with Gasteiger partial charge < -0.3 is 9.80 Å². The van der Waals surface area contributed by atoms with Crippen LogP contribution in [0, 0.1) is 5.92 Å². The predicted molar refractivity (Wildman–Crippen MR) is 66.7 cm³/mol. The highest BCUT2D eigenvalue weighted by molar-refractivity contribution is 5.86. The predicted octanol–water partition coefficient (Wildman–Crippen LogP) is 1.90. The van der Waals surface area contributed by atoms with E-state index < -0.39 is 0 Å². The molecule has 1 fully saturated rings. The Bertz CT molecular complexity index is 265. The van der Waals surface area contributed by atoms with Crippen molar-refractivity contribution in [2.75, 3.05) is 20.1 Å². The molecule has 1 rings (SSSR count). The van der Waals surface area contributed by atoms with Gasteiger partial charge in [-0.05, 0) is 12.5 Å². The van der Waals surface area contributed by atoms with Crippen molar-refractivity contribution in [3.63, 3.8) is 0 Å². The van der Waals surface area contributed by atoms with Crippen molar-refractivity contribution in [3.8, 4) is 0 Å². The van der Waals surface area contributed by atoms with Crippen LogP contribution in [-0.4, -0.2) is 36.7 Å². The highest BCUT2D eigenvalue weighted by atomic mass is 16.1. The summed E-state index contributed by atoms with van der Waals surface area (Å²) in [4.78, 5) is 11.4. The minimum atomic E-state index is -0.0441. The molecule has 3 atom stereocenters. The van der Waals surface area contributed by atoms with Gasteiger partial charge in [-0.25, -0.2) is 0 Å². The molecule has 1 saturated heterocycles. The first-order valence-corrected chi connectivity index (χ1v) is 6.29. The summed E-state index contributed by atoms with van der Waals surface area (Å²) >= 11 is 0. The molecule has 0 radical (unpaired) electrons. The Morgan fingerprint density at radius 2 is 2.38 bits per heavy atom. The molecule has 1 aliphatic rings. The Labute approximate surface area is 99.1 Å². The summed E-state index contributed by atoms with van der Waals surface area (Å²) in [7, 11) is 2.26. The van der Waals surface area contributed by atoms with Crippen LogP contribution in [0.15, 0.2) is 12.7 Å². The van der Waals surface area contributed by atoms with Gasteiger partial charge in [-0.1, -0.05) is 20.4 Å². The molecule has 1 N–H and O–H groups in total. The van der Waals surface area contributed by atoms with Gasteiger partial charge in [0, 0.05) is 18.8 Å². The van der Waals surface area contributed by atoms with E-state index in [2.05, 4.69) is 32.8 Å². The number of likely N-dealkylation sites (tertiary alicyclic amines) is 1. The molecule has 0 aromatic rings. The largest absolute Gasteiger partial charge is 0.306 e. The zero-order chi connectivity index (χ0) is 12.2. The summed E-state index contributed by atoms with van der Waals surface area (Å²) in [6, 6.07) is 0. The van der Waals surface area contributed by atoms with Crippen molar-refractivity contribution in [1.82, 2.24) is 5.32 Å². The molecule has 1 amide bonds. The Kier molecular flexibility index (Phi) is 4.54. The summed E-state index contributed by atoms with van der Waals surface area (Å²) in [5.41, 5.74) is 0. The molecule has 3 unspecified atom stereocenters. The smallest absolute Gasteiger partial charge is 0.247 e. The normalized spacial score (nSPS) is 31.1. The number of carbonyl (C=O) groups excluding carboxylic acids is 1. The third-order valence-corrected chi connectivity index (χ3v) is 3.67. The van der Waals surface area contributed by atoms with Gasteiger partial charge in [0.25, 0.3) is 0 Å². The molecular weight excluding hydrogens is 200 g/mol. The fraction of sp³-hybridized carbons (Fsp3) is 0.769. The van der Waals surface area contributed by atoms with Gasteiger partial charge >= 0.3 is 0 Å². The Morgan fingerprint density at radius 1 is 1.69 bits per heavy atom. The molecular formula is C13H25N2O+. The fourth-order valence-corrected chi connectivity index (χ4v) is 2.73. The maximum absolute atomic E-state index is 11.4. The summed E-state index contributed by atoms with van der Waals surface area (Å²) in [5.74, 6) is 0.724. The third-order valence-electron chi connectivity index (χ3n) is 3.67. The number of rotatable bonds is 5. The quantitative estimate of drug-likeness (QED) is 0.562. The van der Waals surface area contributed by atoms with Crippen LogP contribution >= 0.6 is 0 Å². The lowest BCUT2D eigenvalue weighted by atomic mass is 10.1. The van der Waals surface area contributed by atoms with Gasteiger partial charge in [0.1, 0.15) is 0 Å². The van der Waals surface area contributed by atoms with E-state index in [-0.39, 0.29) is 12.1 Å². The van der Waals surface area contributed by atoms with E-state index in [0.717, 1.165) is 23.2 Å². The molecule has 0 aliphatic carbocycles. The van der Waals surface area contributed by atoms with E-state index in [1.54, 1.807) is 0 Å². The third kappa shape index (κ3) is 3.08. The van der Waals surface area contributed by atoms with Gasteiger partial charge in [-0.15, -0.1) is 0 Å². The molecule has 0 aromatic heterocycles. The van der Waals surface area contributed by atoms with Gasteiger partial charge in [0.15, 0.2) is 6.17 Å². The van der Waals surface area contributed by atoms with Crippen LogP contribution < -0.4 is 5.32 Å². The van der Waals surface area contributed by atoms with Gasteiger partial charge in [-0.2, -0.15) is 0 Å². The molecule has 0 aromatic carbocycles. The second kappa shape index (κ2) is 5.48. The monoisotopic (exact) mass is 225 g/mol. The van der Waals surface area contributed by atoms with Crippen LogP contribution in [0.4, 0.5) is 0 Å². The Balaban J connectivity index is 2.68. The first-order valence-electron chi connectivity index (χ1n) is 6.29. The first-order chi connectivity index (χ1) is 7.51. The van der Waals surface area contributed by atoms with Crippen LogP contribution in [0.5, 0.6) is 0 Å². The summed E-state index contributed by atoms with van der Waals surface area (Å²) in [5, 5.41) is 3.09. The summed E-state index contributed by atoms with van der Waals surface area (Å²) in [6.45, 7) is 10.3. The lowest BCUT2D eigenvalue weighted by Crippen LogP contribution is -2.58. The van der Waals surface area contributed by atoms with Crippen molar-refractivity contribution in [1.29, 1.82) is 0 Å². The molecule has 92 valence electrons. The average molecular weight is 225 g/mol. The van der Waals surface area contributed by atoms with Crippen LogP contribution in [-0.2, 0) is 4.79 Å². The summed E-state index contributed by atoms with van der Waals surface area (Å²) in [6.07, 6.45) is 5.03. The maximum atomic E-state index is 11.4. The second-order valence-electron chi connectivity index (χ2n) is 5.30. The number of hydrogen-bond donors (Lipinski definition) is 1. The van der Waals surface area contributed by atoms with Crippen molar-refractivity contribution in [2.45, 2.75) is 39.3 Å². The number of hydrogen-bond acceptors (Lipinski definition) is 1. The standard InChI is InChI=1S/C13H24N2O/c1-5-7-12(14-13(16)6-2)15(4)9-8-11(3)10-15/h6,11-12H,2,5,7-10H2,1,3-4H3/p+1. The molecule has 0 bridgehead atoms. The van der Waals surface area contributed by atoms with Gasteiger partial charge in [0.2, 0.25) is 5.91 Å². The van der Waals surface area contributed by atoms with Crippen LogP contribution in [0.3, 0.4) is 0 Å². The van der Waals surface area contributed by atoms with E-state index in [1.165, 1.54) is 25.6 Å². The van der Waals surface area contributed by atoms with Crippen LogP contribution in [0.1, 0.15) is 33.1 Å². The van der Waals surface area contributed by atoms with Crippen molar-refractivity contribution < 1.29 is 9.28 Å². The van der Waals surface area contributed by atoms with E-state index in [4.69, 9.17) is 0 Å². The second-order valence-corrected chi connectivity index (χ2v) is 5.30. The number of quaternary nitrogens is 1. The molecule has 3 nitrogen and oxygen atoms in total. The highest BCUT2D eigenvalue weighted by Crippen LogP contribution is 2.26. The molecule has 0 spiro atoms. The molecule has 0 saturated carbocycles. The average Bonchev–Trinajstić information content (AvgIpc) is 2.59. The molecule has 1 aliphatic heterocycles. The zero-order valence-corrected chi connectivity index (χ0v) is 10.8. The van der Waals surface area contributed by atoms with Gasteiger partial charge in [-0.3, -0.25) is 4.79 Å². The highest BCUT2D eigenvalue weighted by Gasteiger charge is 2.39. The maximum Gasteiger partial charge on any atom is 0.247 e. The van der Waals surface area contributed by atoms with E-state index in [9.17, 15) is 4.79 Å². The SMILES string of the molecule is C=CC(=O)NC(CCC)[N+]1(C)CCC(C)C1. The van der Waals surface area contributed by atoms with Crippen molar-refractivity contribution in [2.24, 2.45) is 5.92 Å². The minimum absolute atomic E-state index is 0.0441.